The van der Waals surface area contributed by atoms with Crippen LogP contribution in [0.2, 0.25) is 0 Å². The van der Waals surface area contributed by atoms with Crippen molar-refractivity contribution in [3.63, 3.8) is 0 Å². The van der Waals surface area contributed by atoms with Crippen LogP contribution >= 0.6 is 34.6 Å². The average molecular weight is 571 g/mol. The number of thioether (sulfide) groups is 1. The predicted molar refractivity (Wildman–Crippen MR) is 117 cm³/mol. The van der Waals surface area contributed by atoms with Gasteiger partial charge < -0.3 is 14.2 Å². The summed E-state index contributed by atoms with van der Waals surface area (Å²) < 4.78 is 80.4. The van der Waals surface area contributed by atoms with Gasteiger partial charge in [0.1, 0.15) is 16.6 Å². The minimum atomic E-state index is -4.57. The zero-order chi connectivity index (χ0) is 22.8. The maximum absolute atomic E-state index is 13.2. The van der Waals surface area contributed by atoms with Crippen molar-refractivity contribution in [1.29, 1.82) is 5.41 Å². The third-order valence-corrected chi connectivity index (χ3v) is 5.24. The predicted octanol–water partition coefficient (Wildman–Crippen LogP) is 6.44. The molecule has 0 saturated carbocycles. The zero-order valence-electron chi connectivity index (χ0n) is 15.1. The molecule has 0 amide bonds. The number of anilines is 2. The first-order chi connectivity index (χ1) is 14.5. The molecule has 0 unspecified atom stereocenters. The normalized spacial score (nSPS) is 16.1. The molecule has 0 spiro atoms. The molecule has 31 heavy (non-hydrogen) atoms. The Morgan fingerprint density at radius 3 is 2.16 bits per heavy atom. The van der Waals surface area contributed by atoms with E-state index >= 15 is 0 Å². The molecule has 2 aromatic carbocycles. The van der Waals surface area contributed by atoms with Crippen LogP contribution in [0.1, 0.15) is 11.1 Å². The summed E-state index contributed by atoms with van der Waals surface area (Å²) in [7, 11) is 0. The Balaban J connectivity index is 1.85. The van der Waals surface area contributed by atoms with Gasteiger partial charge in [0.2, 0.25) is 0 Å². The number of nitrogens with zero attached hydrogens (tertiary/aromatic N) is 1. The first-order valence-corrected chi connectivity index (χ1v) is 10.2. The van der Waals surface area contributed by atoms with Crippen molar-refractivity contribution in [3.05, 3.63) is 71.2 Å². The highest BCUT2D eigenvalue weighted by Crippen LogP contribution is 2.36. The van der Waals surface area contributed by atoms with Crippen molar-refractivity contribution in [3.8, 4) is 0 Å². The molecule has 164 valence electrons. The van der Waals surface area contributed by atoms with E-state index in [1.165, 1.54) is 30.3 Å². The standard InChI is InChI=1S/C18H12F6IN5S/c19-17(20,21)9-5-7-10(8-6-9)27-15(30-25)13-14(26)31-16(29-13)28-12-4-2-1-3-11(12)18(22,23)24/h1-8,26-27,30H,(H,28,29)/b15-13+,26-14?. The van der Waals surface area contributed by atoms with Crippen molar-refractivity contribution in [2.24, 2.45) is 4.99 Å². The van der Waals surface area contributed by atoms with Gasteiger partial charge >= 0.3 is 12.4 Å². The third-order valence-electron chi connectivity index (χ3n) is 3.91. The van der Waals surface area contributed by atoms with Gasteiger partial charge in [0.05, 0.1) is 39.7 Å². The second-order valence-corrected chi connectivity index (χ2v) is 7.57. The zero-order valence-corrected chi connectivity index (χ0v) is 18.1. The minimum absolute atomic E-state index is 0.0510. The molecule has 13 heteroatoms. The molecule has 0 bridgehead atoms. The van der Waals surface area contributed by atoms with E-state index in [1.807, 2.05) is 0 Å². The van der Waals surface area contributed by atoms with E-state index in [2.05, 4.69) is 19.2 Å². The molecule has 0 atom stereocenters. The molecule has 0 aliphatic carbocycles. The van der Waals surface area contributed by atoms with Gasteiger partial charge in [-0.05, 0) is 48.2 Å². The lowest BCUT2D eigenvalue weighted by Crippen LogP contribution is -2.14. The lowest BCUT2D eigenvalue weighted by molar-refractivity contribution is -0.138. The molecule has 3 rings (SSSR count). The molecule has 1 aliphatic heterocycles. The molecule has 0 fully saturated rings. The monoisotopic (exact) mass is 571 g/mol. The van der Waals surface area contributed by atoms with Crippen LogP contribution in [0.3, 0.4) is 0 Å². The number of hydrogen-bond donors (Lipinski definition) is 4. The van der Waals surface area contributed by atoms with E-state index in [-0.39, 0.29) is 27.4 Å². The van der Waals surface area contributed by atoms with Crippen molar-refractivity contribution < 1.29 is 26.3 Å². The van der Waals surface area contributed by atoms with E-state index in [4.69, 9.17) is 5.41 Å². The fraction of sp³-hybridized carbons (Fsp3) is 0.111. The van der Waals surface area contributed by atoms with Gasteiger partial charge in [0, 0.05) is 5.69 Å². The van der Waals surface area contributed by atoms with Crippen LogP contribution in [-0.4, -0.2) is 10.2 Å². The van der Waals surface area contributed by atoms with E-state index < -0.39 is 23.5 Å². The number of benzene rings is 2. The van der Waals surface area contributed by atoms with Gasteiger partial charge in [0.15, 0.2) is 5.17 Å². The Morgan fingerprint density at radius 2 is 1.58 bits per heavy atom. The van der Waals surface area contributed by atoms with Crippen LogP contribution in [0.15, 0.2) is 65.0 Å². The van der Waals surface area contributed by atoms with Gasteiger partial charge in [-0.2, -0.15) is 26.3 Å². The highest BCUT2D eigenvalue weighted by atomic mass is 127. The van der Waals surface area contributed by atoms with Crippen LogP contribution in [0.5, 0.6) is 0 Å². The van der Waals surface area contributed by atoms with Gasteiger partial charge in [-0.15, -0.1) is 0 Å². The fourth-order valence-electron chi connectivity index (χ4n) is 2.51. The van der Waals surface area contributed by atoms with E-state index in [0.717, 1.165) is 30.0 Å². The Hall–Kier alpha value is -2.42. The molecule has 0 radical (unpaired) electrons. The number of alkyl halides is 6. The Bertz CT molecular complexity index is 1050. The highest BCUT2D eigenvalue weighted by molar-refractivity contribution is 14.1. The maximum Gasteiger partial charge on any atom is 0.418 e. The van der Waals surface area contributed by atoms with Crippen LogP contribution in [-0.2, 0) is 12.4 Å². The second-order valence-electron chi connectivity index (χ2n) is 6.03. The van der Waals surface area contributed by atoms with E-state index in [1.54, 1.807) is 22.9 Å². The number of nitrogens with one attached hydrogen (secondary N) is 4. The number of rotatable bonds is 4. The van der Waals surface area contributed by atoms with Crippen LogP contribution in [0.25, 0.3) is 0 Å². The van der Waals surface area contributed by atoms with Crippen LogP contribution < -0.4 is 14.2 Å². The first kappa shape index (κ1) is 23.2. The van der Waals surface area contributed by atoms with Crippen molar-refractivity contribution in [2.75, 3.05) is 10.6 Å². The molecule has 0 saturated heterocycles. The van der Waals surface area contributed by atoms with Gasteiger partial charge in [-0.3, -0.25) is 5.41 Å². The van der Waals surface area contributed by atoms with Crippen molar-refractivity contribution in [2.45, 2.75) is 12.4 Å². The number of hydrogen-bond acceptors (Lipinski definition) is 6. The summed E-state index contributed by atoms with van der Waals surface area (Å²) in [5.41, 5.74) is -1.51. The smallest absolute Gasteiger partial charge is 0.340 e. The van der Waals surface area contributed by atoms with Gasteiger partial charge in [-0.1, -0.05) is 12.1 Å². The summed E-state index contributed by atoms with van der Waals surface area (Å²) in [6.07, 6.45) is -9.04. The molecule has 5 nitrogen and oxygen atoms in total. The van der Waals surface area contributed by atoms with Crippen LogP contribution in [0, 0.1) is 5.41 Å². The lowest BCUT2D eigenvalue weighted by atomic mass is 10.2. The molecule has 1 aliphatic rings. The average Bonchev–Trinajstić information content (AvgIpc) is 3.05. The largest absolute Gasteiger partial charge is 0.418 e. The molecule has 0 aromatic heterocycles. The van der Waals surface area contributed by atoms with Crippen LogP contribution in [0.4, 0.5) is 37.7 Å². The van der Waals surface area contributed by atoms with Crippen molar-refractivity contribution in [1.82, 2.24) is 3.53 Å². The van der Waals surface area contributed by atoms with E-state index in [9.17, 15) is 26.3 Å². The maximum atomic E-state index is 13.2. The minimum Gasteiger partial charge on any atom is -0.340 e. The second kappa shape index (κ2) is 8.98. The third kappa shape index (κ3) is 5.64. The summed E-state index contributed by atoms with van der Waals surface area (Å²) in [4.78, 5) is 4.16. The molecule has 1 heterocycles. The molecular weight excluding hydrogens is 559 g/mol. The Kier molecular flexibility index (Phi) is 6.73. The molecule has 2 aromatic rings. The number of amidine groups is 1. The molecular formula is C18H12F6IN5S. The highest BCUT2D eigenvalue weighted by Gasteiger charge is 2.34. The van der Waals surface area contributed by atoms with Crippen molar-refractivity contribution >= 4 is 56.2 Å². The summed E-state index contributed by atoms with van der Waals surface area (Å²) in [6, 6.07) is 9.09. The van der Waals surface area contributed by atoms with Gasteiger partial charge in [-0.25, -0.2) is 4.99 Å². The topological polar surface area (TPSA) is 72.3 Å². The quantitative estimate of drug-likeness (QED) is 0.194. The van der Waals surface area contributed by atoms with E-state index in [0.29, 0.717) is 5.69 Å². The Morgan fingerprint density at radius 1 is 0.935 bits per heavy atom. The number of para-hydroxylation sites is 1. The summed E-state index contributed by atoms with van der Waals surface area (Å²) >= 11 is 2.56. The Labute approximate surface area is 190 Å². The van der Waals surface area contributed by atoms with Gasteiger partial charge in [0.25, 0.3) is 0 Å². The summed E-state index contributed by atoms with van der Waals surface area (Å²) in [5.74, 6) is 0.193. The molecule has 4 N–H and O–H groups in total. The summed E-state index contributed by atoms with van der Waals surface area (Å²) in [5, 5.41) is 13.5. The SMILES string of the molecule is N=C1SC(Nc2ccccc2C(F)(F)F)=N/C1=C(/NI)Nc1ccc(C(F)(F)F)cc1. The fourth-order valence-corrected chi connectivity index (χ4v) is 3.64. The lowest BCUT2D eigenvalue weighted by Gasteiger charge is -2.13. The summed E-state index contributed by atoms with van der Waals surface area (Å²) in [6.45, 7) is 0. The number of aliphatic imine (C=N–C) groups is 1. The first-order valence-electron chi connectivity index (χ1n) is 8.33. The number of halogens is 7.